The van der Waals surface area contributed by atoms with Crippen molar-refractivity contribution in [2.75, 3.05) is 13.1 Å². The normalized spacial score (nSPS) is 13.8. The van der Waals surface area contributed by atoms with Crippen molar-refractivity contribution in [1.29, 1.82) is 0 Å². The summed E-state index contributed by atoms with van der Waals surface area (Å²) >= 11 is 0. The van der Waals surface area contributed by atoms with E-state index in [1.807, 2.05) is 58.9 Å². The average molecular weight is 292 g/mol. The van der Waals surface area contributed by atoms with E-state index >= 15 is 0 Å². The Hall–Kier alpha value is -1.55. The molecule has 0 saturated heterocycles. The van der Waals surface area contributed by atoms with E-state index in [0.717, 1.165) is 17.9 Å². The Labute approximate surface area is 128 Å². The standard InChI is InChI=1S/C17H28N2O2/c1-6-18-11-13(4)17(20)19-14(5)15-7-9-16(10-8-15)21-12(2)3/h7-10,12-14,18H,6,11H2,1-5H3,(H,19,20). The fourth-order valence-corrected chi connectivity index (χ4v) is 2.00. The highest BCUT2D eigenvalue weighted by atomic mass is 16.5. The maximum Gasteiger partial charge on any atom is 0.224 e. The summed E-state index contributed by atoms with van der Waals surface area (Å²) in [6.07, 6.45) is 0.167. The van der Waals surface area contributed by atoms with Crippen LogP contribution in [0.25, 0.3) is 0 Å². The van der Waals surface area contributed by atoms with Gasteiger partial charge in [-0.1, -0.05) is 26.0 Å². The molecule has 0 aliphatic heterocycles. The molecule has 4 nitrogen and oxygen atoms in total. The van der Waals surface area contributed by atoms with Gasteiger partial charge in [0.1, 0.15) is 5.75 Å². The molecule has 2 atom stereocenters. The van der Waals surface area contributed by atoms with Gasteiger partial charge in [0.2, 0.25) is 5.91 Å². The van der Waals surface area contributed by atoms with Crippen LogP contribution in [-0.4, -0.2) is 25.1 Å². The third kappa shape index (κ3) is 6.17. The van der Waals surface area contributed by atoms with Crippen molar-refractivity contribution >= 4 is 5.91 Å². The van der Waals surface area contributed by atoms with Crippen LogP contribution in [-0.2, 0) is 4.79 Å². The minimum Gasteiger partial charge on any atom is -0.491 e. The van der Waals surface area contributed by atoms with E-state index in [1.165, 1.54) is 0 Å². The lowest BCUT2D eigenvalue weighted by Crippen LogP contribution is -2.36. The summed E-state index contributed by atoms with van der Waals surface area (Å²) in [5, 5.41) is 6.24. The number of hydrogen-bond acceptors (Lipinski definition) is 3. The lowest BCUT2D eigenvalue weighted by atomic mass is 10.1. The fraction of sp³-hybridized carbons (Fsp3) is 0.588. The maximum absolute atomic E-state index is 12.1. The van der Waals surface area contributed by atoms with Crippen molar-refractivity contribution in [2.24, 2.45) is 5.92 Å². The van der Waals surface area contributed by atoms with Gasteiger partial charge in [-0.05, 0) is 45.0 Å². The molecule has 0 aliphatic rings. The highest BCUT2D eigenvalue weighted by Crippen LogP contribution is 2.18. The largest absolute Gasteiger partial charge is 0.491 e. The van der Waals surface area contributed by atoms with Gasteiger partial charge in [0, 0.05) is 12.5 Å². The highest BCUT2D eigenvalue weighted by Gasteiger charge is 2.15. The van der Waals surface area contributed by atoms with Crippen molar-refractivity contribution in [1.82, 2.24) is 10.6 Å². The Morgan fingerprint density at radius 2 is 1.76 bits per heavy atom. The van der Waals surface area contributed by atoms with Gasteiger partial charge < -0.3 is 15.4 Å². The van der Waals surface area contributed by atoms with E-state index in [4.69, 9.17) is 4.74 Å². The topological polar surface area (TPSA) is 50.4 Å². The maximum atomic E-state index is 12.1. The summed E-state index contributed by atoms with van der Waals surface area (Å²) in [7, 11) is 0. The lowest BCUT2D eigenvalue weighted by molar-refractivity contribution is -0.125. The fourth-order valence-electron chi connectivity index (χ4n) is 2.00. The van der Waals surface area contributed by atoms with E-state index in [1.54, 1.807) is 0 Å². The van der Waals surface area contributed by atoms with Crippen LogP contribution in [0.15, 0.2) is 24.3 Å². The molecule has 0 spiro atoms. The first-order valence-electron chi connectivity index (χ1n) is 7.71. The van der Waals surface area contributed by atoms with Crippen LogP contribution in [0.3, 0.4) is 0 Å². The zero-order valence-electron chi connectivity index (χ0n) is 13.8. The molecule has 0 aromatic heterocycles. The second-order valence-corrected chi connectivity index (χ2v) is 5.67. The molecule has 1 aromatic rings. The Morgan fingerprint density at radius 3 is 2.29 bits per heavy atom. The number of rotatable bonds is 8. The van der Waals surface area contributed by atoms with Crippen LogP contribution in [0.4, 0.5) is 0 Å². The van der Waals surface area contributed by atoms with Crippen molar-refractivity contribution in [2.45, 2.75) is 46.8 Å². The molecule has 1 amide bonds. The zero-order chi connectivity index (χ0) is 15.8. The predicted molar refractivity (Wildman–Crippen MR) is 86.5 cm³/mol. The average Bonchev–Trinajstić information content (AvgIpc) is 2.44. The first-order valence-corrected chi connectivity index (χ1v) is 7.71. The molecule has 0 aliphatic carbocycles. The number of hydrogen-bond donors (Lipinski definition) is 2. The molecule has 0 heterocycles. The second-order valence-electron chi connectivity index (χ2n) is 5.67. The van der Waals surface area contributed by atoms with Crippen molar-refractivity contribution in [3.05, 3.63) is 29.8 Å². The molecule has 0 bridgehead atoms. The number of ether oxygens (including phenoxy) is 1. The van der Waals surface area contributed by atoms with Gasteiger partial charge in [-0.25, -0.2) is 0 Å². The molecule has 0 fully saturated rings. The van der Waals surface area contributed by atoms with E-state index in [9.17, 15) is 4.79 Å². The molecule has 1 aromatic carbocycles. The van der Waals surface area contributed by atoms with E-state index in [2.05, 4.69) is 10.6 Å². The van der Waals surface area contributed by atoms with Crippen LogP contribution in [0.1, 0.15) is 46.2 Å². The third-order valence-corrected chi connectivity index (χ3v) is 3.26. The molecule has 1 rings (SSSR count). The first-order chi connectivity index (χ1) is 9.93. The summed E-state index contributed by atoms with van der Waals surface area (Å²) in [5.74, 6) is 0.898. The summed E-state index contributed by atoms with van der Waals surface area (Å²) in [6.45, 7) is 11.6. The van der Waals surface area contributed by atoms with Crippen molar-refractivity contribution in [3.63, 3.8) is 0 Å². The van der Waals surface area contributed by atoms with Gasteiger partial charge >= 0.3 is 0 Å². The van der Waals surface area contributed by atoms with Crippen molar-refractivity contribution in [3.8, 4) is 5.75 Å². The minimum atomic E-state index is -0.0315. The molecular weight excluding hydrogens is 264 g/mol. The monoisotopic (exact) mass is 292 g/mol. The highest BCUT2D eigenvalue weighted by molar-refractivity contribution is 5.78. The van der Waals surface area contributed by atoms with Crippen molar-refractivity contribution < 1.29 is 9.53 Å². The Kier molecular flexibility index (Phi) is 7.23. The molecule has 118 valence electrons. The molecule has 0 saturated carbocycles. The minimum absolute atomic E-state index is 0.00493. The summed E-state index contributed by atoms with van der Waals surface area (Å²) < 4.78 is 5.62. The Balaban J connectivity index is 2.54. The molecule has 0 radical (unpaired) electrons. The van der Waals surface area contributed by atoms with Crippen LogP contribution >= 0.6 is 0 Å². The van der Waals surface area contributed by atoms with Gasteiger partial charge in [-0.2, -0.15) is 0 Å². The quantitative estimate of drug-likeness (QED) is 0.774. The van der Waals surface area contributed by atoms with Crippen LogP contribution in [0.5, 0.6) is 5.75 Å². The van der Waals surface area contributed by atoms with Crippen LogP contribution in [0, 0.1) is 5.92 Å². The molecule has 21 heavy (non-hydrogen) atoms. The second kappa shape index (κ2) is 8.67. The summed E-state index contributed by atoms with van der Waals surface area (Å²) in [6, 6.07) is 7.88. The van der Waals surface area contributed by atoms with Crippen LogP contribution < -0.4 is 15.4 Å². The third-order valence-electron chi connectivity index (χ3n) is 3.26. The van der Waals surface area contributed by atoms with Crippen LogP contribution in [0.2, 0.25) is 0 Å². The number of carbonyl (C=O) groups is 1. The zero-order valence-corrected chi connectivity index (χ0v) is 13.8. The smallest absolute Gasteiger partial charge is 0.224 e. The van der Waals surface area contributed by atoms with Gasteiger partial charge in [-0.3, -0.25) is 4.79 Å². The predicted octanol–water partition coefficient (Wildman–Crippen LogP) is 2.90. The number of benzene rings is 1. The first kappa shape index (κ1) is 17.5. The van der Waals surface area contributed by atoms with Gasteiger partial charge in [0.25, 0.3) is 0 Å². The van der Waals surface area contributed by atoms with Gasteiger partial charge in [-0.15, -0.1) is 0 Å². The summed E-state index contributed by atoms with van der Waals surface area (Å²) in [4.78, 5) is 12.1. The van der Waals surface area contributed by atoms with E-state index in [-0.39, 0.29) is 24.0 Å². The van der Waals surface area contributed by atoms with Gasteiger partial charge in [0.05, 0.1) is 12.1 Å². The summed E-state index contributed by atoms with van der Waals surface area (Å²) in [5.41, 5.74) is 1.08. The SMILES string of the molecule is CCNCC(C)C(=O)NC(C)c1ccc(OC(C)C)cc1. The van der Waals surface area contributed by atoms with Gasteiger partial charge in [0.15, 0.2) is 0 Å². The number of amides is 1. The number of carbonyl (C=O) groups excluding carboxylic acids is 1. The molecule has 2 unspecified atom stereocenters. The molecule has 4 heteroatoms. The molecule has 2 N–H and O–H groups in total. The van der Waals surface area contributed by atoms with E-state index in [0.29, 0.717) is 6.54 Å². The molecular formula is C17H28N2O2. The van der Waals surface area contributed by atoms with E-state index < -0.39 is 0 Å². The number of nitrogens with one attached hydrogen (secondary N) is 2. The Bertz CT molecular complexity index is 429. The Morgan fingerprint density at radius 1 is 1.14 bits per heavy atom. The lowest BCUT2D eigenvalue weighted by Gasteiger charge is -2.18.